The van der Waals surface area contributed by atoms with E-state index in [4.69, 9.17) is 5.73 Å². The zero-order valence-electron chi connectivity index (χ0n) is 10.5. The summed E-state index contributed by atoms with van der Waals surface area (Å²) in [6, 6.07) is 9.26. The van der Waals surface area contributed by atoms with Crippen LogP contribution < -0.4 is 10.6 Å². The molecule has 1 aliphatic rings. The molecule has 0 aliphatic carbocycles. The second-order valence-corrected chi connectivity index (χ2v) is 4.68. The van der Waals surface area contributed by atoms with E-state index in [9.17, 15) is 4.79 Å². The van der Waals surface area contributed by atoms with Crippen LogP contribution in [0.15, 0.2) is 42.7 Å². The molecule has 0 atom stereocenters. The van der Waals surface area contributed by atoms with Crippen LogP contribution in [0.4, 0.5) is 11.4 Å². The molecule has 0 spiro atoms. The third-order valence-corrected chi connectivity index (χ3v) is 3.40. The Kier molecular flexibility index (Phi) is 2.91. The summed E-state index contributed by atoms with van der Waals surface area (Å²) in [5.41, 5.74) is 9.30. The first-order chi connectivity index (χ1) is 9.25. The molecule has 4 heteroatoms. The molecule has 4 nitrogen and oxygen atoms in total. The summed E-state index contributed by atoms with van der Waals surface area (Å²) in [5.74, 6) is 0.00829. The van der Waals surface area contributed by atoms with Crippen molar-refractivity contribution < 1.29 is 4.79 Å². The van der Waals surface area contributed by atoms with E-state index >= 15 is 0 Å². The van der Waals surface area contributed by atoms with Gasteiger partial charge in [0.25, 0.3) is 5.91 Å². The number of nitrogens with zero attached hydrogens (tertiary/aromatic N) is 2. The number of amides is 1. The highest BCUT2D eigenvalue weighted by Crippen LogP contribution is 2.30. The quantitative estimate of drug-likeness (QED) is 0.793. The number of nitrogens with two attached hydrogens (primary N) is 1. The van der Waals surface area contributed by atoms with Crippen molar-refractivity contribution >= 4 is 17.3 Å². The first kappa shape index (κ1) is 11.7. The monoisotopic (exact) mass is 253 g/mol. The van der Waals surface area contributed by atoms with Crippen molar-refractivity contribution in [3.05, 3.63) is 53.9 Å². The van der Waals surface area contributed by atoms with Crippen LogP contribution in [-0.2, 0) is 6.42 Å². The van der Waals surface area contributed by atoms with E-state index in [1.165, 1.54) is 5.56 Å². The minimum atomic E-state index is 0.00829. The van der Waals surface area contributed by atoms with Gasteiger partial charge in [-0.15, -0.1) is 0 Å². The fourth-order valence-electron chi connectivity index (χ4n) is 2.45. The van der Waals surface area contributed by atoms with Gasteiger partial charge in [-0.2, -0.15) is 0 Å². The van der Waals surface area contributed by atoms with Gasteiger partial charge in [-0.1, -0.05) is 6.07 Å². The number of hydrogen-bond donors (Lipinski definition) is 1. The first-order valence-electron chi connectivity index (χ1n) is 6.36. The second kappa shape index (κ2) is 4.72. The molecule has 1 aromatic heterocycles. The number of rotatable bonds is 1. The molecule has 2 heterocycles. The third kappa shape index (κ3) is 2.17. The normalized spacial score (nSPS) is 14.0. The molecule has 0 fully saturated rings. The number of fused-ring (bicyclic) bond motifs is 1. The summed E-state index contributed by atoms with van der Waals surface area (Å²) in [6.07, 6.45) is 5.25. The number of anilines is 2. The zero-order chi connectivity index (χ0) is 13.2. The molecule has 0 bridgehead atoms. The van der Waals surface area contributed by atoms with Crippen LogP contribution in [-0.4, -0.2) is 17.4 Å². The van der Waals surface area contributed by atoms with Gasteiger partial charge in [0.15, 0.2) is 0 Å². The lowest BCUT2D eigenvalue weighted by molar-refractivity contribution is 0.0985. The van der Waals surface area contributed by atoms with E-state index in [1.54, 1.807) is 24.5 Å². The van der Waals surface area contributed by atoms with Gasteiger partial charge in [-0.05, 0) is 42.7 Å². The van der Waals surface area contributed by atoms with E-state index in [0.717, 1.165) is 25.1 Å². The fourth-order valence-corrected chi connectivity index (χ4v) is 2.45. The predicted molar refractivity (Wildman–Crippen MR) is 75.1 cm³/mol. The lowest BCUT2D eigenvalue weighted by Gasteiger charge is -2.29. The van der Waals surface area contributed by atoms with Crippen molar-refractivity contribution in [2.24, 2.45) is 0 Å². The van der Waals surface area contributed by atoms with Crippen LogP contribution in [0.25, 0.3) is 0 Å². The molecule has 1 amide bonds. The number of carbonyl (C=O) groups excluding carboxylic acids is 1. The molecular weight excluding hydrogens is 238 g/mol. The molecule has 1 aromatic carbocycles. The molecule has 19 heavy (non-hydrogen) atoms. The Hall–Kier alpha value is -2.36. The van der Waals surface area contributed by atoms with Crippen molar-refractivity contribution in [1.29, 1.82) is 0 Å². The zero-order valence-corrected chi connectivity index (χ0v) is 10.5. The Balaban J connectivity index is 2.00. The standard InChI is InChI=1S/C15H15N3O/c16-13-4-3-11-2-1-9-18(14(11)10-13)15(19)12-5-7-17-8-6-12/h3-8,10H,1-2,9,16H2. The SMILES string of the molecule is Nc1ccc2c(c1)N(C(=O)c1ccncc1)CCC2. The van der Waals surface area contributed by atoms with Crippen LogP contribution in [0, 0.1) is 0 Å². The maximum atomic E-state index is 12.5. The van der Waals surface area contributed by atoms with Crippen molar-refractivity contribution in [2.45, 2.75) is 12.8 Å². The Labute approximate surface area is 111 Å². The minimum absolute atomic E-state index is 0.00829. The fraction of sp³-hybridized carbons (Fsp3) is 0.200. The topological polar surface area (TPSA) is 59.2 Å². The average Bonchev–Trinajstić information content (AvgIpc) is 2.47. The average molecular weight is 253 g/mol. The largest absolute Gasteiger partial charge is 0.399 e. The highest BCUT2D eigenvalue weighted by atomic mass is 16.2. The molecule has 1 aliphatic heterocycles. The Morgan fingerprint density at radius 3 is 2.79 bits per heavy atom. The molecule has 2 N–H and O–H groups in total. The lowest BCUT2D eigenvalue weighted by Crippen LogP contribution is -2.35. The summed E-state index contributed by atoms with van der Waals surface area (Å²) in [6.45, 7) is 0.734. The number of carbonyl (C=O) groups is 1. The molecule has 0 radical (unpaired) electrons. The maximum Gasteiger partial charge on any atom is 0.258 e. The van der Waals surface area contributed by atoms with Gasteiger partial charge < -0.3 is 10.6 Å². The van der Waals surface area contributed by atoms with Crippen LogP contribution >= 0.6 is 0 Å². The van der Waals surface area contributed by atoms with Gasteiger partial charge in [0.1, 0.15) is 0 Å². The van der Waals surface area contributed by atoms with Crippen LogP contribution in [0.1, 0.15) is 22.3 Å². The van der Waals surface area contributed by atoms with Gasteiger partial charge in [0.2, 0.25) is 0 Å². The van der Waals surface area contributed by atoms with E-state index < -0.39 is 0 Å². The molecule has 0 saturated carbocycles. The van der Waals surface area contributed by atoms with Crippen molar-refractivity contribution in [3.8, 4) is 0 Å². The van der Waals surface area contributed by atoms with Gasteiger partial charge in [-0.25, -0.2) is 0 Å². The third-order valence-electron chi connectivity index (χ3n) is 3.40. The summed E-state index contributed by atoms with van der Waals surface area (Å²) in [7, 11) is 0. The van der Waals surface area contributed by atoms with Gasteiger partial charge >= 0.3 is 0 Å². The number of pyridine rings is 1. The predicted octanol–water partition coefficient (Wildman–Crippen LogP) is 2.26. The van der Waals surface area contributed by atoms with Crippen molar-refractivity contribution in [1.82, 2.24) is 4.98 Å². The van der Waals surface area contributed by atoms with Gasteiger partial charge in [-0.3, -0.25) is 9.78 Å². The van der Waals surface area contributed by atoms with E-state index in [2.05, 4.69) is 4.98 Å². The molecule has 0 unspecified atom stereocenters. The maximum absolute atomic E-state index is 12.5. The van der Waals surface area contributed by atoms with E-state index in [1.807, 2.05) is 23.1 Å². The summed E-state index contributed by atoms with van der Waals surface area (Å²) in [5, 5.41) is 0. The number of aromatic nitrogens is 1. The van der Waals surface area contributed by atoms with Crippen LogP contribution in [0.3, 0.4) is 0 Å². The second-order valence-electron chi connectivity index (χ2n) is 4.68. The van der Waals surface area contributed by atoms with Gasteiger partial charge in [0.05, 0.1) is 0 Å². The number of aryl methyl sites for hydroxylation is 1. The minimum Gasteiger partial charge on any atom is -0.399 e. The number of nitrogen functional groups attached to an aromatic ring is 1. The summed E-state index contributed by atoms with van der Waals surface area (Å²) in [4.78, 5) is 18.3. The Bertz CT molecular complexity index is 610. The van der Waals surface area contributed by atoms with Gasteiger partial charge in [0, 0.05) is 35.9 Å². The van der Waals surface area contributed by atoms with Crippen molar-refractivity contribution in [3.63, 3.8) is 0 Å². The summed E-state index contributed by atoms with van der Waals surface area (Å²) >= 11 is 0. The van der Waals surface area contributed by atoms with Crippen LogP contribution in [0.5, 0.6) is 0 Å². The molecule has 0 saturated heterocycles. The highest BCUT2D eigenvalue weighted by Gasteiger charge is 2.23. The van der Waals surface area contributed by atoms with Crippen molar-refractivity contribution in [2.75, 3.05) is 17.2 Å². The van der Waals surface area contributed by atoms with E-state index in [-0.39, 0.29) is 5.91 Å². The highest BCUT2D eigenvalue weighted by molar-refractivity contribution is 6.06. The summed E-state index contributed by atoms with van der Waals surface area (Å²) < 4.78 is 0. The number of benzene rings is 1. The molecule has 3 rings (SSSR count). The smallest absolute Gasteiger partial charge is 0.258 e. The number of hydrogen-bond acceptors (Lipinski definition) is 3. The molecule has 96 valence electrons. The van der Waals surface area contributed by atoms with E-state index in [0.29, 0.717) is 11.3 Å². The molecular formula is C15H15N3O. The Morgan fingerprint density at radius 1 is 1.21 bits per heavy atom. The Morgan fingerprint density at radius 2 is 2.00 bits per heavy atom. The molecule has 2 aromatic rings. The first-order valence-corrected chi connectivity index (χ1v) is 6.36. The van der Waals surface area contributed by atoms with Crippen LogP contribution in [0.2, 0.25) is 0 Å². The lowest BCUT2D eigenvalue weighted by atomic mass is 10.0.